The second-order valence-electron chi connectivity index (χ2n) is 7.25. The van der Waals surface area contributed by atoms with E-state index < -0.39 is 0 Å². The summed E-state index contributed by atoms with van der Waals surface area (Å²) in [6.45, 7) is 3.86. The summed E-state index contributed by atoms with van der Waals surface area (Å²) in [7, 11) is 1.76. The van der Waals surface area contributed by atoms with E-state index >= 15 is 0 Å². The van der Waals surface area contributed by atoms with E-state index in [-0.39, 0.29) is 30.8 Å². The van der Waals surface area contributed by atoms with E-state index in [9.17, 15) is 9.59 Å². The molecular formula is C20H29ClN6O2. The third-order valence-electron chi connectivity index (χ3n) is 4.94. The largest absolute Gasteiger partial charge is 0.347 e. The van der Waals surface area contributed by atoms with Gasteiger partial charge in [-0.3, -0.25) is 14.9 Å². The van der Waals surface area contributed by atoms with Crippen molar-refractivity contribution in [3.8, 4) is 0 Å². The van der Waals surface area contributed by atoms with Gasteiger partial charge in [0.2, 0.25) is 17.8 Å². The fourth-order valence-corrected chi connectivity index (χ4v) is 3.21. The number of amides is 2. The van der Waals surface area contributed by atoms with Gasteiger partial charge in [0.25, 0.3) is 0 Å². The van der Waals surface area contributed by atoms with Crippen molar-refractivity contribution >= 4 is 30.2 Å². The van der Waals surface area contributed by atoms with Crippen molar-refractivity contribution in [3.63, 3.8) is 0 Å². The number of hydrogen-bond acceptors (Lipinski definition) is 5. The third-order valence-corrected chi connectivity index (χ3v) is 4.94. The Hall–Kier alpha value is -2.45. The molecule has 9 heteroatoms. The Kier molecular flexibility index (Phi) is 8.60. The van der Waals surface area contributed by atoms with E-state index in [2.05, 4.69) is 26.0 Å². The molecule has 0 radical (unpaired) electrons. The van der Waals surface area contributed by atoms with Crippen LogP contribution in [0.25, 0.3) is 0 Å². The topological polar surface area (TPSA) is 101 Å². The third kappa shape index (κ3) is 6.83. The number of aryl methyl sites for hydroxylation is 3. The first kappa shape index (κ1) is 22.8. The lowest BCUT2D eigenvalue weighted by Crippen LogP contribution is -2.33. The number of benzene rings is 1. The number of hydrogen-bond donors (Lipinski definition) is 3. The van der Waals surface area contributed by atoms with Crippen molar-refractivity contribution in [2.24, 2.45) is 7.05 Å². The van der Waals surface area contributed by atoms with E-state index in [1.54, 1.807) is 11.7 Å². The molecule has 0 saturated carbocycles. The lowest BCUT2D eigenvalue weighted by Gasteiger charge is -2.19. The van der Waals surface area contributed by atoms with Gasteiger partial charge in [0, 0.05) is 19.4 Å². The predicted octanol–water partition coefficient (Wildman–Crippen LogP) is 1.70. The molecule has 3 N–H and O–H groups in total. The van der Waals surface area contributed by atoms with Crippen molar-refractivity contribution in [1.82, 2.24) is 25.4 Å². The summed E-state index contributed by atoms with van der Waals surface area (Å²) in [4.78, 5) is 28.6. The average Bonchev–Trinajstić information content (AvgIpc) is 3.07. The molecule has 0 spiro atoms. The first-order chi connectivity index (χ1) is 13.5. The standard InChI is InChI=1S/C20H28N6O2.ClH/c1-14-3-5-15(6-4-14)7-8-17(27)22-13-18(28)23-20-24-19(25-26(20)2)16-9-11-21-12-10-16;/h3-6,16,21H,7-13H2,1-2H3,(H,22,27)(H,23,24,25,28);1H. The minimum absolute atomic E-state index is 0. The van der Waals surface area contributed by atoms with E-state index in [1.165, 1.54) is 5.56 Å². The number of anilines is 1. The molecule has 2 amide bonds. The summed E-state index contributed by atoms with van der Waals surface area (Å²) in [6, 6.07) is 8.09. The Morgan fingerprint density at radius 3 is 2.55 bits per heavy atom. The monoisotopic (exact) mass is 420 g/mol. The van der Waals surface area contributed by atoms with E-state index in [1.807, 2.05) is 31.2 Å². The van der Waals surface area contributed by atoms with Crippen LogP contribution in [0.4, 0.5) is 5.95 Å². The molecule has 2 heterocycles. The molecule has 1 fully saturated rings. The Morgan fingerprint density at radius 1 is 1.17 bits per heavy atom. The van der Waals surface area contributed by atoms with Crippen LogP contribution in [0.5, 0.6) is 0 Å². The molecule has 1 saturated heterocycles. The molecule has 0 unspecified atom stereocenters. The zero-order chi connectivity index (χ0) is 19.9. The van der Waals surface area contributed by atoms with Crippen LogP contribution in [0.2, 0.25) is 0 Å². The number of carbonyl (C=O) groups is 2. The second-order valence-corrected chi connectivity index (χ2v) is 7.25. The first-order valence-electron chi connectivity index (χ1n) is 9.75. The molecule has 0 aliphatic carbocycles. The molecule has 1 aliphatic rings. The predicted molar refractivity (Wildman–Crippen MR) is 114 cm³/mol. The normalized spacial score (nSPS) is 14.1. The Balaban J connectivity index is 0.00000300. The van der Waals surface area contributed by atoms with Gasteiger partial charge >= 0.3 is 0 Å². The molecule has 29 heavy (non-hydrogen) atoms. The molecule has 0 bridgehead atoms. The van der Waals surface area contributed by atoms with Gasteiger partial charge in [-0.15, -0.1) is 12.4 Å². The summed E-state index contributed by atoms with van der Waals surface area (Å²) < 4.78 is 1.58. The number of nitrogens with one attached hydrogen (secondary N) is 3. The number of carbonyl (C=O) groups excluding carboxylic acids is 2. The maximum atomic E-state index is 12.1. The molecule has 1 aromatic heterocycles. The van der Waals surface area contributed by atoms with Crippen LogP contribution in [-0.4, -0.2) is 46.2 Å². The highest BCUT2D eigenvalue weighted by atomic mass is 35.5. The second kappa shape index (κ2) is 10.9. The zero-order valence-electron chi connectivity index (χ0n) is 16.9. The Morgan fingerprint density at radius 2 is 1.86 bits per heavy atom. The summed E-state index contributed by atoms with van der Waals surface area (Å²) in [5.74, 6) is 1.04. The van der Waals surface area contributed by atoms with Crippen molar-refractivity contribution in [3.05, 3.63) is 41.2 Å². The van der Waals surface area contributed by atoms with Gasteiger partial charge in [-0.2, -0.15) is 10.1 Å². The van der Waals surface area contributed by atoms with E-state index in [0.29, 0.717) is 24.7 Å². The average molecular weight is 421 g/mol. The van der Waals surface area contributed by atoms with E-state index in [0.717, 1.165) is 37.3 Å². The van der Waals surface area contributed by atoms with Crippen LogP contribution < -0.4 is 16.0 Å². The van der Waals surface area contributed by atoms with Gasteiger partial charge in [-0.05, 0) is 44.8 Å². The lowest BCUT2D eigenvalue weighted by atomic mass is 9.98. The van der Waals surface area contributed by atoms with Crippen molar-refractivity contribution < 1.29 is 9.59 Å². The molecule has 0 atom stereocenters. The minimum atomic E-state index is -0.309. The quantitative estimate of drug-likeness (QED) is 0.632. The molecule has 158 valence electrons. The molecule has 3 rings (SSSR count). The summed E-state index contributed by atoms with van der Waals surface area (Å²) in [5, 5.41) is 13.1. The number of aromatic nitrogens is 3. The number of halogens is 1. The molecule has 1 aromatic carbocycles. The van der Waals surface area contributed by atoms with Crippen molar-refractivity contribution in [2.75, 3.05) is 25.0 Å². The number of piperidine rings is 1. The highest BCUT2D eigenvalue weighted by molar-refractivity contribution is 5.93. The van der Waals surface area contributed by atoms with Crippen molar-refractivity contribution in [1.29, 1.82) is 0 Å². The smallest absolute Gasteiger partial charge is 0.246 e. The van der Waals surface area contributed by atoms with Gasteiger partial charge in [-0.1, -0.05) is 29.8 Å². The van der Waals surface area contributed by atoms with Gasteiger partial charge in [-0.25, -0.2) is 4.68 Å². The van der Waals surface area contributed by atoms with Gasteiger partial charge in [0.15, 0.2) is 5.82 Å². The highest BCUT2D eigenvalue weighted by Gasteiger charge is 2.21. The highest BCUT2D eigenvalue weighted by Crippen LogP contribution is 2.23. The fraction of sp³-hybridized carbons (Fsp3) is 0.500. The van der Waals surface area contributed by atoms with Gasteiger partial charge in [0.1, 0.15) is 0 Å². The summed E-state index contributed by atoms with van der Waals surface area (Å²) in [6.07, 6.45) is 2.99. The molecule has 2 aromatic rings. The maximum absolute atomic E-state index is 12.1. The number of nitrogens with zero attached hydrogens (tertiary/aromatic N) is 3. The van der Waals surface area contributed by atoms with Crippen LogP contribution in [-0.2, 0) is 23.1 Å². The number of rotatable bonds is 7. The summed E-state index contributed by atoms with van der Waals surface area (Å²) >= 11 is 0. The molecule has 1 aliphatic heterocycles. The minimum Gasteiger partial charge on any atom is -0.347 e. The van der Waals surface area contributed by atoms with Gasteiger partial charge < -0.3 is 10.6 Å². The lowest BCUT2D eigenvalue weighted by molar-refractivity contribution is -0.124. The SMILES string of the molecule is Cc1ccc(CCC(=O)NCC(=O)Nc2nc(C3CCNCC3)nn2C)cc1.Cl. The zero-order valence-corrected chi connectivity index (χ0v) is 17.7. The van der Waals surface area contributed by atoms with Crippen LogP contribution in [0.15, 0.2) is 24.3 Å². The summed E-state index contributed by atoms with van der Waals surface area (Å²) in [5.41, 5.74) is 2.30. The maximum Gasteiger partial charge on any atom is 0.246 e. The van der Waals surface area contributed by atoms with Crippen LogP contribution in [0.1, 0.15) is 42.1 Å². The molecular weight excluding hydrogens is 392 g/mol. The molecule has 8 nitrogen and oxygen atoms in total. The Labute approximate surface area is 177 Å². The van der Waals surface area contributed by atoms with Crippen molar-refractivity contribution in [2.45, 2.75) is 38.5 Å². The van der Waals surface area contributed by atoms with E-state index in [4.69, 9.17) is 0 Å². The fourth-order valence-electron chi connectivity index (χ4n) is 3.21. The Bertz CT molecular complexity index is 815. The van der Waals surface area contributed by atoms with Crippen LogP contribution in [0, 0.1) is 6.92 Å². The van der Waals surface area contributed by atoms with Crippen LogP contribution in [0.3, 0.4) is 0 Å². The first-order valence-corrected chi connectivity index (χ1v) is 9.75. The van der Waals surface area contributed by atoms with Gasteiger partial charge in [0.05, 0.1) is 6.54 Å². The van der Waals surface area contributed by atoms with Crippen LogP contribution >= 0.6 is 12.4 Å².